The van der Waals surface area contributed by atoms with E-state index in [0.717, 1.165) is 19.3 Å². The molecule has 1 N–H and O–H groups in total. The molecule has 0 spiro atoms. The molecule has 2 unspecified atom stereocenters. The fraction of sp³-hybridized carbons (Fsp3) is 0.462. The molecule has 0 bridgehead atoms. The van der Waals surface area contributed by atoms with Crippen molar-refractivity contribution in [3.63, 3.8) is 0 Å². The Balaban J connectivity index is 1.95. The van der Waals surface area contributed by atoms with Gasteiger partial charge < -0.3 is 5.32 Å². The second kappa shape index (κ2) is 4.47. The van der Waals surface area contributed by atoms with E-state index in [0.29, 0.717) is 6.04 Å². The molecule has 2 heteroatoms. The molecule has 0 saturated carbocycles. The highest BCUT2D eigenvalue weighted by molar-refractivity contribution is 5.81. The summed E-state index contributed by atoms with van der Waals surface area (Å²) in [7, 11) is 0. The first-order chi connectivity index (χ1) is 7.29. The van der Waals surface area contributed by atoms with E-state index >= 15 is 0 Å². The van der Waals surface area contributed by atoms with Crippen molar-refractivity contribution < 1.29 is 4.79 Å². The van der Waals surface area contributed by atoms with Gasteiger partial charge in [-0.2, -0.15) is 0 Å². The van der Waals surface area contributed by atoms with E-state index in [2.05, 4.69) is 24.4 Å². The average molecular weight is 203 g/mol. The zero-order valence-corrected chi connectivity index (χ0v) is 9.07. The number of hydrogen-bond donors (Lipinski definition) is 1. The lowest BCUT2D eigenvalue weighted by molar-refractivity contribution is -0.122. The van der Waals surface area contributed by atoms with Gasteiger partial charge in [0.1, 0.15) is 0 Å². The van der Waals surface area contributed by atoms with Crippen LogP contribution < -0.4 is 5.32 Å². The van der Waals surface area contributed by atoms with Crippen molar-refractivity contribution in [3.05, 3.63) is 35.9 Å². The van der Waals surface area contributed by atoms with Gasteiger partial charge in [-0.15, -0.1) is 0 Å². The fourth-order valence-corrected chi connectivity index (χ4v) is 2.21. The van der Waals surface area contributed by atoms with Gasteiger partial charge in [-0.25, -0.2) is 0 Å². The molecule has 1 heterocycles. The topological polar surface area (TPSA) is 29.1 Å². The molecule has 1 aliphatic rings. The first-order valence-electron chi connectivity index (χ1n) is 5.64. The monoisotopic (exact) mass is 203 g/mol. The summed E-state index contributed by atoms with van der Waals surface area (Å²) >= 11 is 0. The third-order valence-corrected chi connectivity index (χ3v) is 3.10. The number of hydrogen-bond acceptors (Lipinski definition) is 1. The van der Waals surface area contributed by atoms with Crippen LogP contribution in [0.1, 0.15) is 25.3 Å². The van der Waals surface area contributed by atoms with Gasteiger partial charge in [-0.3, -0.25) is 4.79 Å². The average Bonchev–Trinajstić information content (AvgIpc) is 2.60. The van der Waals surface area contributed by atoms with E-state index in [9.17, 15) is 4.79 Å². The van der Waals surface area contributed by atoms with E-state index in [-0.39, 0.29) is 11.8 Å². The van der Waals surface area contributed by atoms with Gasteiger partial charge in [0, 0.05) is 12.0 Å². The Morgan fingerprint density at radius 1 is 1.33 bits per heavy atom. The van der Waals surface area contributed by atoms with Crippen molar-refractivity contribution in [2.75, 3.05) is 0 Å². The van der Waals surface area contributed by atoms with Crippen molar-refractivity contribution >= 4 is 5.91 Å². The maximum atomic E-state index is 11.5. The molecule has 2 nitrogen and oxygen atoms in total. The van der Waals surface area contributed by atoms with E-state index in [1.54, 1.807) is 0 Å². The predicted molar refractivity (Wildman–Crippen MR) is 60.5 cm³/mol. The molecule has 1 fully saturated rings. The van der Waals surface area contributed by atoms with E-state index in [4.69, 9.17) is 0 Å². The molecule has 1 saturated heterocycles. The minimum absolute atomic E-state index is 0.235. The smallest absolute Gasteiger partial charge is 0.223 e. The Hall–Kier alpha value is -1.31. The number of benzene rings is 1. The Kier molecular flexibility index (Phi) is 3.05. The molecule has 1 amide bonds. The highest BCUT2D eigenvalue weighted by Crippen LogP contribution is 2.21. The summed E-state index contributed by atoms with van der Waals surface area (Å²) in [5.41, 5.74) is 1.31. The summed E-state index contributed by atoms with van der Waals surface area (Å²) in [6.07, 6.45) is 2.91. The minimum Gasteiger partial charge on any atom is -0.353 e. The quantitative estimate of drug-likeness (QED) is 0.801. The number of carbonyl (C=O) groups excluding carboxylic acids is 1. The lowest BCUT2D eigenvalue weighted by Crippen LogP contribution is -2.27. The predicted octanol–water partition coefficient (Wildman–Crippen LogP) is 2.14. The molecule has 2 atom stereocenters. The Bertz CT molecular complexity index is 334. The van der Waals surface area contributed by atoms with Crippen LogP contribution >= 0.6 is 0 Å². The Morgan fingerprint density at radius 2 is 2.07 bits per heavy atom. The summed E-state index contributed by atoms with van der Waals surface area (Å²) in [5.74, 6) is 0.470. The van der Waals surface area contributed by atoms with Gasteiger partial charge in [0.05, 0.1) is 0 Å². The van der Waals surface area contributed by atoms with Crippen LogP contribution in [0.5, 0.6) is 0 Å². The van der Waals surface area contributed by atoms with Gasteiger partial charge in [0.25, 0.3) is 0 Å². The number of carbonyl (C=O) groups is 1. The lowest BCUT2D eigenvalue weighted by atomic mass is 9.98. The molecule has 15 heavy (non-hydrogen) atoms. The van der Waals surface area contributed by atoms with Crippen molar-refractivity contribution in [1.82, 2.24) is 5.32 Å². The minimum atomic E-state index is 0.235. The first-order valence-corrected chi connectivity index (χ1v) is 5.64. The molecule has 1 aromatic rings. The van der Waals surface area contributed by atoms with Gasteiger partial charge >= 0.3 is 0 Å². The van der Waals surface area contributed by atoms with Gasteiger partial charge in [0.15, 0.2) is 0 Å². The molecule has 0 aliphatic carbocycles. The maximum absolute atomic E-state index is 11.5. The van der Waals surface area contributed by atoms with E-state index in [1.165, 1.54) is 5.56 Å². The van der Waals surface area contributed by atoms with E-state index < -0.39 is 0 Å². The molecular weight excluding hydrogens is 186 g/mol. The molecule has 80 valence electrons. The fourth-order valence-electron chi connectivity index (χ4n) is 2.21. The normalized spacial score (nSPS) is 25.3. The van der Waals surface area contributed by atoms with Crippen LogP contribution in [-0.2, 0) is 11.2 Å². The highest BCUT2D eigenvalue weighted by Gasteiger charge is 2.30. The largest absolute Gasteiger partial charge is 0.353 e. The summed E-state index contributed by atoms with van der Waals surface area (Å²) in [4.78, 5) is 11.5. The standard InChI is InChI=1S/C13H17NO/c1-2-11-9-12(14-13(11)15)8-10-6-4-3-5-7-10/h3-7,11-12H,2,8-9H2,1H3,(H,14,15). The molecule has 1 aliphatic heterocycles. The lowest BCUT2D eigenvalue weighted by Gasteiger charge is -2.09. The molecule has 0 radical (unpaired) electrons. The number of nitrogens with one attached hydrogen (secondary N) is 1. The van der Waals surface area contributed by atoms with Crippen LogP contribution in [0.25, 0.3) is 0 Å². The highest BCUT2D eigenvalue weighted by atomic mass is 16.2. The van der Waals surface area contributed by atoms with Crippen LogP contribution in [0.3, 0.4) is 0 Å². The molecular formula is C13H17NO. The number of rotatable bonds is 3. The van der Waals surface area contributed by atoms with Gasteiger partial charge in [-0.1, -0.05) is 37.3 Å². The van der Waals surface area contributed by atoms with Gasteiger partial charge in [-0.05, 0) is 24.8 Å². The third-order valence-electron chi connectivity index (χ3n) is 3.10. The Labute approximate surface area is 90.7 Å². The van der Waals surface area contributed by atoms with Gasteiger partial charge in [0.2, 0.25) is 5.91 Å². The van der Waals surface area contributed by atoms with Crippen LogP contribution in [0, 0.1) is 5.92 Å². The van der Waals surface area contributed by atoms with E-state index in [1.807, 2.05) is 18.2 Å². The third kappa shape index (κ3) is 2.38. The molecule has 0 aromatic heterocycles. The number of amides is 1. The van der Waals surface area contributed by atoms with Crippen molar-refractivity contribution in [2.45, 2.75) is 32.2 Å². The molecule has 1 aromatic carbocycles. The summed E-state index contributed by atoms with van der Waals surface area (Å²) in [6.45, 7) is 2.08. The van der Waals surface area contributed by atoms with Crippen LogP contribution in [0.2, 0.25) is 0 Å². The Morgan fingerprint density at radius 3 is 2.67 bits per heavy atom. The summed E-state index contributed by atoms with van der Waals surface area (Å²) < 4.78 is 0. The van der Waals surface area contributed by atoms with Crippen molar-refractivity contribution in [2.24, 2.45) is 5.92 Å². The zero-order chi connectivity index (χ0) is 10.7. The summed E-state index contributed by atoms with van der Waals surface area (Å²) in [6, 6.07) is 10.7. The van der Waals surface area contributed by atoms with Crippen LogP contribution in [0.15, 0.2) is 30.3 Å². The van der Waals surface area contributed by atoms with Crippen molar-refractivity contribution in [1.29, 1.82) is 0 Å². The maximum Gasteiger partial charge on any atom is 0.223 e. The first kappa shape index (κ1) is 10.2. The SMILES string of the molecule is CCC1CC(Cc2ccccc2)NC1=O. The van der Waals surface area contributed by atoms with Crippen LogP contribution in [0.4, 0.5) is 0 Å². The van der Waals surface area contributed by atoms with Crippen molar-refractivity contribution in [3.8, 4) is 0 Å². The van der Waals surface area contributed by atoms with Crippen LogP contribution in [-0.4, -0.2) is 11.9 Å². The molecule has 2 rings (SSSR count). The zero-order valence-electron chi connectivity index (χ0n) is 9.07. The second-order valence-electron chi connectivity index (χ2n) is 4.24. The second-order valence-corrected chi connectivity index (χ2v) is 4.24. The summed E-state index contributed by atoms with van der Waals surface area (Å²) in [5, 5.41) is 3.06.